The van der Waals surface area contributed by atoms with Gasteiger partial charge in [-0.1, -0.05) is 30.3 Å². The second-order valence-corrected chi connectivity index (χ2v) is 5.61. The van der Waals surface area contributed by atoms with Crippen molar-refractivity contribution in [2.45, 2.75) is 26.4 Å². The number of rotatable bonds is 6. The molecule has 3 nitrogen and oxygen atoms in total. The van der Waals surface area contributed by atoms with E-state index in [-0.39, 0.29) is 6.04 Å². The van der Waals surface area contributed by atoms with Gasteiger partial charge in [-0.05, 0) is 55.8 Å². The Labute approximate surface area is 136 Å². The van der Waals surface area contributed by atoms with E-state index in [1.54, 1.807) is 0 Å². The monoisotopic (exact) mass is 307 g/mol. The Morgan fingerprint density at radius 2 is 1.74 bits per heavy atom. The van der Waals surface area contributed by atoms with Crippen LogP contribution in [0, 0.1) is 6.92 Å². The Bertz CT molecular complexity index is 749. The zero-order valence-electron chi connectivity index (χ0n) is 13.5. The van der Waals surface area contributed by atoms with Crippen molar-refractivity contribution in [1.82, 2.24) is 5.32 Å². The lowest BCUT2D eigenvalue weighted by Gasteiger charge is -2.12. The van der Waals surface area contributed by atoms with Crippen molar-refractivity contribution in [3.8, 4) is 11.5 Å². The first-order valence-corrected chi connectivity index (χ1v) is 7.82. The van der Waals surface area contributed by atoms with Crippen molar-refractivity contribution in [2.75, 3.05) is 0 Å². The molecule has 3 heteroatoms. The Hall–Kier alpha value is -2.52. The fourth-order valence-corrected chi connectivity index (χ4v) is 2.40. The maximum atomic E-state index is 5.87. The summed E-state index contributed by atoms with van der Waals surface area (Å²) in [6, 6.07) is 22.1. The van der Waals surface area contributed by atoms with Crippen molar-refractivity contribution < 1.29 is 9.15 Å². The topological polar surface area (TPSA) is 34.4 Å². The van der Waals surface area contributed by atoms with Gasteiger partial charge in [-0.2, -0.15) is 0 Å². The highest BCUT2D eigenvalue weighted by molar-refractivity contribution is 5.33. The number of hydrogen-bond donors (Lipinski definition) is 1. The molecule has 1 atom stereocenters. The van der Waals surface area contributed by atoms with Crippen molar-refractivity contribution >= 4 is 0 Å². The van der Waals surface area contributed by atoms with E-state index in [9.17, 15) is 0 Å². The van der Waals surface area contributed by atoms with Crippen LogP contribution in [0.4, 0.5) is 0 Å². The van der Waals surface area contributed by atoms with Crippen LogP contribution in [0.3, 0.4) is 0 Å². The van der Waals surface area contributed by atoms with Crippen LogP contribution in [0.5, 0.6) is 11.5 Å². The highest BCUT2D eigenvalue weighted by Crippen LogP contribution is 2.22. The smallest absolute Gasteiger partial charge is 0.127 e. The summed E-state index contributed by atoms with van der Waals surface area (Å²) in [6.07, 6.45) is 0. The number of hydrogen-bond acceptors (Lipinski definition) is 3. The van der Waals surface area contributed by atoms with E-state index in [1.807, 2.05) is 61.5 Å². The van der Waals surface area contributed by atoms with Crippen LogP contribution in [-0.4, -0.2) is 0 Å². The molecule has 3 aromatic rings. The van der Waals surface area contributed by atoms with Gasteiger partial charge in [-0.15, -0.1) is 0 Å². The molecule has 0 saturated carbocycles. The summed E-state index contributed by atoms with van der Waals surface area (Å²) in [5, 5.41) is 3.47. The first-order valence-electron chi connectivity index (χ1n) is 7.82. The molecule has 1 heterocycles. The zero-order valence-corrected chi connectivity index (χ0v) is 13.5. The SMILES string of the molecule is Cc1ccc(C(C)NCc2cccc(Oc3ccccc3)c2)o1. The van der Waals surface area contributed by atoms with Crippen LogP contribution in [0.25, 0.3) is 0 Å². The highest BCUT2D eigenvalue weighted by atomic mass is 16.5. The molecule has 1 aromatic heterocycles. The van der Waals surface area contributed by atoms with Crippen LogP contribution in [0.1, 0.15) is 30.0 Å². The third-order valence-corrected chi connectivity index (χ3v) is 3.68. The summed E-state index contributed by atoms with van der Waals surface area (Å²) >= 11 is 0. The summed E-state index contributed by atoms with van der Waals surface area (Å²) in [5.74, 6) is 3.58. The van der Waals surface area contributed by atoms with E-state index < -0.39 is 0 Å². The Morgan fingerprint density at radius 1 is 0.957 bits per heavy atom. The molecule has 0 amide bonds. The molecule has 1 unspecified atom stereocenters. The van der Waals surface area contributed by atoms with Crippen LogP contribution >= 0.6 is 0 Å². The number of para-hydroxylation sites is 1. The molecule has 0 aliphatic carbocycles. The molecule has 0 fully saturated rings. The van der Waals surface area contributed by atoms with Crippen LogP contribution in [0.2, 0.25) is 0 Å². The van der Waals surface area contributed by atoms with E-state index in [0.29, 0.717) is 0 Å². The first kappa shape index (κ1) is 15.4. The van der Waals surface area contributed by atoms with E-state index in [4.69, 9.17) is 9.15 Å². The lowest BCUT2D eigenvalue weighted by Crippen LogP contribution is -2.17. The Balaban J connectivity index is 1.61. The summed E-state index contributed by atoms with van der Waals surface area (Å²) in [4.78, 5) is 0. The maximum absolute atomic E-state index is 5.87. The van der Waals surface area contributed by atoms with Crippen molar-refractivity contribution in [3.05, 3.63) is 83.8 Å². The number of ether oxygens (including phenoxy) is 1. The largest absolute Gasteiger partial charge is 0.465 e. The fourth-order valence-electron chi connectivity index (χ4n) is 2.40. The quantitative estimate of drug-likeness (QED) is 0.677. The molecule has 2 aromatic carbocycles. The maximum Gasteiger partial charge on any atom is 0.127 e. The van der Waals surface area contributed by atoms with Gasteiger partial charge in [0.25, 0.3) is 0 Å². The van der Waals surface area contributed by atoms with Crippen LogP contribution in [0.15, 0.2) is 71.1 Å². The summed E-state index contributed by atoms with van der Waals surface area (Å²) in [5.41, 5.74) is 1.17. The minimum absolute atomic E-state index is 0.169. The summed E-state index contributed by atoms with van der Waals surface area (Å²) in [6.45, 7) is 4.82. The standard InChI is InChI=1S/C20H21NO2/c1-15-11-12-20(22-15)16(2)21-14-17-7-6-10-19(13-17)23-18-8-4-3-5-9-18/h3-13,16,21H,14H2,1-2H3. The third kappa shape index (κ3) is 4.24. The summed E-state index contributed by atoms with van der Waals surface area (Å²) in [7, 11) is 0. The minimum atomic E-state index is 0.169. The van der Waals surface area contributed by atoms with Gasteiger partial charge in [-0.25, -0.2) is 0 Å². The summed E-state index contributed by atoms with van der Waals surface area (Å²) < 4.78 is 11.5. The first-order chi connectivity index (χ1) is 11.2. The number of furan rings is 1. The van der Waals surface area contributed by atoms with E-state index in [1.165, 1.54) is 5.56 Å². The highest BCUT2D eigenvalue weighted by Gasteiger charge is 2.09. The minimum Gasteiger partial charge on any atom is -0.465 e. The van der Waals surface area contributed by atoms with Crippen molar-refractivity contribution in [1.29, 1.82) is 0 Å². The average Bonchev–Trinajstić information content (AvgIpc) is 3.01. The Kier molecular flexibility index (Phi) is 4.79. The molecular formula is C20H21NO2. The predicted octanol–water partition coefficient (Wildman–Crippen LogP) is 5.23. The van der Waals surface area contributed by atoms with E-state index in [0.717, 1.165) is 29.6 Å². The molecule has 23 heavy (non-hydrogen) atoms. The van der Waals surface area contributed by atoms with Crippen LogP contribution < -0.4 is 10.1 Å². The van der Waals surface area contributed by atoms with Crippen molar-refractivity contribution in [3.63, 3.8) is 0 Å². The van der Waals surface area contributed by atoms with E-state index in [2.05, 4.69) is 24.4 Å². The number of benzene rings is 2. The normalized spacial score (nSPS) is 12.1. The molecule has 0 aliphatic heterocycles. The average molecular weight is 307 g/mol. The zero-order chi connectivity index (χ0) is 16.1. The van der Waals surface area contributed by atoms with Crippen LogP contribution in [-0.2, 0) is 6.54 Å². The van der Waals surface area contributed by atoms with Gasteiger partial charge in [0.2, 0.25) is 0 Å². The van der Waals surface area contributed by atoms with Gasteiger partial charge in [0.15, 0.2) is 0 Å². The van der Waals surface area contributed by atoms with Gasteiger partial charge in [0.05, 0.1) is 6.04 Å². The molecule has 0 spiro atoms. The fraction of sp³-hybridized carbons (Fsp3) is 0.200. The van der Waals surface area contributed by atoms with Gasteiger partial charge >= 0.3 is 0 Å². The number of nitrogens with one attached hydrogen (secondary N) is 1. The second-order valence-electron chi connectivity index (χ2n) is 5.61. The van der Waals surface area contributed by atoms with Gasteiger partial charge in [0.1, 0.15) is 23.0 Å². The van der Waals surface area contributed by atoms with Crippen molar-refractivity contribution in [2.24, 2.45) is 0 Å². The molecule has 1 N–H and O–H groups in total. The Morgan fingerprint density at radius 3 is 2.48 bits per heavy atom. The molecule has 0 aliphatic rings. The number of aryl methyl sites for hydroxylation is 1. The van der Waals surface area contributed by atoms with Gasteiger partial charge < -0.3 is 14.5 Å². The molecule has 3 rings (SSSR count). The van der Waals surface area contributed by atoms with Gasteiger partial charge in [-0.3, -0.25) is 0 Å². The molecule has 0 bridgehead atoms. The lowest BCUT2D eigenvalue weighted by molar-refractivity contribution is 0.415. The molecular weight excluding hydrogens is 286 g/mol. The van der Waals surface area contributed by atoms with Gasteiger partial charge in [0, 0.05) is 6.54 Å². The third-order valence-electron chi connectivity index (χ3n) is 3.68. The van der Waals surface area contributed by atoms with E-state index >= 15 is 0 Å². The predicted molar refractivity (Wildman–Crippen MR) is 91.7 cm³/mol. The molecule has 0 radical (unpaired) electrons. The molecule has 118 valence electrons. The lowest BCUT2D eigenvalue weighted by atomic mass is 10.2. The second kappa shape index (κ2) is 7.16. The molecule has 0 saturated heterocycles.